The maximum absolute atomic E-state index is 14.7. The van der Waals surface area contributed by atoms with Crippen LogP contribution in [0, 0.1) is 46.5 Å². The van der Waals surface area contributed by atoms with E-state index in [0.29, 0.717) is 105 Å². The Hall–Kier alpha value is -13.4. The van der Waals surface area contributed by atoms with Gasteiger partial charge in [-0.15, -0.1) is 0 Å². The lowest BCUT2D eigenvalue weighted by atomic mass is 9.88. The number of carbonyl (C=O) groups is 3. The van der Waals surface area contributed by atoms with Crippen molar-refractivity contribution in [3.63, 3.8) is 0 Å². The summed E-state index contributed by atoms with van der Waals surface area (Å²) in [4.78, 5) is 107. The quantitative estimate of drug-likeness (QED) is 0.0661. The first-order chi connectivity index (χ1) is 64.7. The van der Waals surface area contributed by atoms with Crippen LogP contribution in [0.3, 0.4) is 0 Å². The molecule has 6 aromatic carbocycles. The highest BCUT2D eigenvalue weighted by Crippen LogP contribution is 2.51. The van der Waals surface area contributed by atoms with Gasteiger partial charge in [0.1, 0.15) is 57.8 Å². The molecule has 3 saturated heterocycles. The van der Waals surface area contributed by atoms with Crippen molar-refractivity contribution >= 4 is 99.0 Å². The molecule has 0 spiro atoms. The lowest BCUT2D eigenvalue weighted by Gasteiger charge is -2.44. The number of halogens is 1. The van der Waals surface area contributed by atoms with Crippen LogP contribution in [0.25, 0.3) is 0 Å². The predicted molar refractivity (Wildman–Crippen MR) is 530 cm³/mol. The Bertz CT molecular complexity index is 6150. The number of nitrogens with one attached hydrogen (secondary N) is 1. The second-order valence-electron chi connectivity index (χ2n) is 36.3. The number of aromatic nitrogens is 9. The van der Waals surface area contributed by atoms with E-state index in [1.165, 1.54) is 28.9 Å². The maximum atomic E-state index is 14.7. The topological polar surface area (TPSA) is 258 Å². The van der Waals surface area contributed by atoms with Crippen molar-refractivity contribution in [2.45, 2.75) is 138 Å². The number of amides is 6. The molecule has 28 nitrogen and oxygen atoms in total. The van der Waals surface area contributed by atoms with E-state index in [2.05, 4.69) is 149 Å². The largest absolute Gasteiger partial charge is 0.496 e. The number of nitrogens with zero attached hydrogens (tertiary/aromatic N) is 19. The van der Waals surface area contributed by atoms with Crippen molar-refractivity contribution in [2.75, 3.05) is 149 Å². The van der Waals surface area contributed by atoms with Crippen LogP contribution in [0.15, 0.2) is 189 Å². The Morgan fingerprint density at radius 2 is 0.799 bits per heavy atom. The molecule has 0 radical (unpaired) electrons. The Labute approximate surface area is 791 Å². The highest BCUT2D eigenvalue weighted by atomic mass is 35.5. The number of piperazine rings is 1. The number of methoxy groups -OCH3 is 5. The number of likely N-dealkylation sites (N-methyl/N-ethyl adjacent to an activating group) is 1. The number of hydrogen-bond acceptors (Lipinski definition) is 22. The van der Waals surface area contributed by atoms with E-state index in [-0.39, 0.29) is 48.1 Å². The van der Waals surface area contributed by atoms with E-state index in [9.17, 15) is 14.4 Å². The van der Waals surface area contributed by atoms with Crippen LogP contribution in [0.1, 0.15) is 169 Å². The van der Waals surface area contributed by atoms with Crippen LogP contribution < -0.4 is 63.3 Å². The first kappa shape index (κ1) is 93.8. The van der Waals surface area contributed by atoms with Crippen molar-refractivity contribution < 1.29 is 38.1 Å². The molecule has 12 heterocycles. The van der Waals surface area contributed by atoms with Crippen molar-refractivity contribution in [3.05, 3.63) is 272 Å². The molecule has 29 heteroatoms. The van der Waals surface area contributed by atoms with Gasteiger partial charge in [-0.2, -0.15) is 4.98 Å². The molecular formula is C105H121ClN20O8. The molecule has 18 rings (SSSR count). The van der Waals surface area contributed by atoms with Gasteiger partial charge < -0.3 is 48.6 Å². The highest BCUT2D eigenvalue weighted by molar-refractivity contribution is 6.34. The van der Waals surface area contributed by atoms with Gasteiger partial charge >= 0.3 is 18.1 Å². The van der Waals surface area contributed by atoms with Crippen LogP contribution >= 0.6 is 11.6 Å². The first-order valence-electron chi connectivity index (χ1n) is 46.1. The summed E-state index contributed by atoms with van der Waals surface area (Å²) in [6.45, 7) is 29.1. The summed E-state index contributed by atoms with van der Waals surface area (Å²) in [5.74, 6) is 9.22. The van der Waals surface area contributed by atoms with E-state index in [1.54, 1.807) is 111 Å². The van der Waals surface area contributed by atoms with Crippen molar-refractivity contribution in [2.24, 2.45) is 11.8 Å². The van der Waals surface area contributed by atoms with E-state index in [0.717, 1.165) is 155 Å². The van der Waals surface area contributed by atoms with Gasteiger partial charge in [0.2, 0.25) is 5.95 Å². The minimum atomic E-state index is -0.378. The molecule has 696 valence electrons. The number of anilines is 12. The average Bonchev–Trinajstić information content (AvgIpc) is 0.738. The zero-order valence-electron chi connectivity index (χ0n) is 80.0. The molecule has 3 fully saturated rings. The van der Waals surface area contributed by atoms with Gasteiger partial charge in [-0.25, -0.2) is 69.0 Å². The summed E-state index contributed by atoms with van der Waals surface area (Å²) >= 11 is 6.67. The Balaban J connectivity index is 0.000000146. The van der Waals surface area contributed by atoms with E-state index in [1.807, 2.05) is 118 Å². The SMILES string of the molecule is COc1ccc(N2C(=O)N(c3c(C)cccc3C)C(C(C)C)c3cnc(Cc4ccc(C5CCN(C)CC5)cc4OC)nc32)nc1.COc1ccc(N2C(=O)N(c3c(C)cccc3C)C(C(C)C)c3cnc(Nc4ccc(C5CCN(C)CC5)cc4)nc32)nc1.COc1ccc(N2C(=O)N(c3c(C)cccc3Cl)C(C)c3cnc(Cc4ccc(N5CCN(C)CC5)cc4OC)nc32)nc1. The third kappa shape index (κ3) is 19.6. The maximum Gasteiger partial charge on any atom is 0.336 e. The fourth-order valence-corrected chi connectivity index (χ4v) is 19.6. The number of benzene rings is 6. The molecule has 3 atom stereocenters. The second-order valence-corrected chi connectivity index (χ2v) is 36.7. The number of likely N-dealkylation sites (tertiary alicyclic amines) is 2. The number of urea groups is 3. The van der Waals surface area contributed by atoms with E-state index >= 15 is 0 Å². The number of carbonyl (C=O) groups excluding carboxylic acids is 3. The fraction of sp³-hybridized carbons (Fsp3) is 0.371. The summed E-state index contributed by atoms with van der Waals surface area (Å²) in [5, 5.41) is 3.87. The van der Waals surface area contributed by atoms with Gasteiger partial charge in [-0.05, 0) is 244 Å². The lowest BCUT2D eigenvalue weighted by Crippen LogP contribution is -2.50. The molecule has 1 N–H and O–H groups in total. The third-order valence-corrected chi connectivity index (χ3v) is 27.0. The molecule has 3 unspecified atom stereocenters. The van der Waals surface area contributed by atoms with Gasteiger partial charge in [0.25, 0.3) is 0 Å². The Morgan fingerprint density at radius 1 is 0.403 bits per heavy atom. The smallest absolute Gasteiger partial charge is 0.336 e. The van der Waals surface area contributed by atoms with Crippen LogP contribution in [0.2, 0.25) is 5.02 Å². The minimum absolute atomic E-state index is 0.0920. The number of ether oxygens (including phenoxy) is 5. The number of piperidine rings is 2. The van der Waals surface area contributed by atoms with E-state index in [4.69, 9.17) is 65.2 Å². The fourth-order valence-electron chi connectivity index (χ4n) is 19.3. The molecule has 6 aliphatic rings. The van der Waals surface area contributed by atoms with Gasteiger partial charge in [-0.1, -0.05) is 118 Å². The van der Waals surface area contributed by atoms with Crippen LogP contribution in [-0.4, -0.2) is 187 Å². The summed E-state index contributed by atoms with van der Waals surface area (Å²) in [5.41, 5.74) is 16.6. The average molecular weight is 1830 g/mol. The number of rotatable bonds is 22. The van der Waals surface area contributed by atoms with Crippen molar-refractivity contribution in [1.29, 1.82) is 0 Å². The van der Waals surface area contributed by atoms with E-state index < -0.39 is 0 Å². The van der Waals surface area contributed by atoms with Gasteiger partial charge in [0.05, 0.1) is 94.3 Å². The number of para-hydroxylation sites is 3. The van der Waals surface area contributed by atoms with Crippen molar-refractivity contribution in [1.82, 2.24) is 59.6 Å². The molecule has 0 bridgehead atoms. The normalized spacial score (nSPS) is 17.4. The molecule has 6 aromatic heterocycles. The zero-order valence-corrected chi connectivity index (χ0v) is 80.7. The molecular weight excluding hydrogens is 1700 g/mol. The van der Waals surface area contributed by atoms with Gasteiger partial charge in [-0.3, -0.25) is 14.7 Å². The molecule has 6 amide bonds. The van der Waals surface area contributed by atoms with Gasteiger partial charge in [0, 0.05) is 103 Å². The molecule has 0 saturated carbocycles. The molecule has 6 aliphatic heterocycles. The lowest BCUT2D eigenvalue weighted by molar-refractivity contribution is 0.246. The minimum Gasteiger partial charge on any atom is -0.496 e. The third-order valence-electron chi connectivity index (χ3n) is 26.6. The van der Waals surface area contributed by atoms with Crippen LogP contribution in [0.4, 0.5) is 83.7 Å². The molecule has 134 heavy (non-hydrogen) atoms. The number of hydrogen-bond donors (Lipinski definition) is 1. The first-order valence-corrected chi connectivity index (χ1v) is 46.5. The van der Waals surface area contributed by atoms with Crippen molar-refractivity contribution in [3.8, 4) is 28.7 Å². The number of aryl methyl sites for hydroxylation is 5. The molecule has 12 aromatic rings. The highest BCUT2D eigenvalue weighted by Gasteiger charge is 2.47. The predicted octanol–water partition coefficient (Wildman–Crippen LogP) is 20.9. The van der Waals surface area contributed by atoms with Crippen LogP contribution in [0.5, 0.6) is 28.7 Å². The summed E-state index contributed by atoms with van der Waals surface area (Å²) in [7, 11) is 14.7. The second kappa shape index (κ2) is 41.0. The number of fused-ring (bicyclic) bond motifs is 3. The Kier molecular flexibility index (Phi) is 28.7. The Morgan fingerprint density at radius 3 is 1.24 bits per heavy atom. The van der Waals surface area contributed by atoms with Gasteiger partial charge in [0.15, 0.2) is 17.5 Å². The standard InChI is InChI=1S/C37H44N6O3.C35H41N7O2.C33H36ClN7O3/c1-23(2)34-30-22-38-32(20-28-12-11-27(19-31(28)46-7)26-15-17-41(5)18-16-26)40-36(30)42(33-14-13-29(45-6)21-39-33)37(44)43(34)35-24(3)9-8-10-25(35)4;1-22(2)31-29-21-37-34(38-27-12-10-25(11-13-27)26-16-18-40(5)19-17-26)39-33(29)41(30-15-14-28(44-6)20-36-30)35(43)42(31)32-23(3)8-7-9-24(32)4;1-21-7-6-8-27(34)31(21)40-22(2)26-20-35-29(37-32(26)41(33(40)42)30-12-11-25(43-4)19-36-30)17-23-9-10-24(18-28(23)44-5)39-15-13-38(3)14-16-39/h8-14,19,21-23,26,34H,15-18,20H2,1-7H3;7-15,20-22,26,31H,16-19H2,1-6H3,(H,37,38,39);6-12,18-20,22H,13-17H2,1-5H3. The summed E-state index contributed by atoms with van der Waals surface area (Å²) in [6, 6.07) is 48.3. The summed E-state index contributed by atoms with van der Waals surface area (Å²) < 4.78 is 27.7. The molecule has 0 aliphatic carbocycles. The summed E-state index contributed by atoms with van der Waals surface area (Å²) in [6.07, 6.45) is 15.9. The monoisotopic (exact) mass is 1820 g/mol. The zero-order chi connectivity index (χ0) is 94.4. The van der Waals surface area contributed by atoms with Crippen LogP contribution in [-0.2, 0) is 12.8 Å². The number of pyridine rings is 3.